The van der Waals surface area contributed by atoms with Crippen molar-refractivity contribution in [3.05, 3.63) is 29.6 Å². The summed E-state index contributed by atoms with van der Waals surface area (Å²) < 4.78 is 43.7. The van der Waals surface area contributed by atoms with E-state index >= 15 is 0 Å². The van der Waals surface area contributed by atoms with Crippen molar-refractivity contribution in [1.29, 1.82) is 0 Å². The summed E-state index contributed by atoms with van der Waals surface area (Å²) in [6.07, 6.45) is -4.69. The molecule has 0 radical (unpaired) electrons. The SMILES string of the molecule is CO[C@H]1CN(C(C)C)C[C@@H]1NC(=O)c1ccc2nc(C(F)(F)F)[nH]c2c1. The van der Waals surface area contributed by atoms with E-state index in [1.54, 1.807) is 7.11 Å². The van der Waals surface area contributed by atoms with E-state index in [0.717, 1.165) is 0 Å². The molecule has 142 valence electrons. The third kappa shape index (κ3) is 3.68. The molecule has 0 unspecified atom stereocenters. The van der Waals surface area contributed by atoms with Gasteiger partial charge in [-0.05, 0) is 32.0 Å². The second-order valence-electron chi connectivity index (χ2n) is 6.72. The molecule has 2 atom stereocenters. The predicted molar refractivity (Wildman–Crippen MR) is 89.9 cm³/mol. The fourth-order valence-corrected chi connectivity index (χ4v) is 3.14. The highest BCUT2D eigenvalue weighted by atomic mass is 19.4. The standard InChI is InChI=1S/C17H21F3N4O2/c1-9(2)24-7-13(14(8-24)26-3)21-15(25)10-4-5-11-12(6-10)23-16(22-11)17(18,19)20/h4-6,9,13-14H,7-8H2,1-3H3,(H,21,25)(H,22,23)/t13-,14-/m0/s1. The maximum Gasteiger partial charge on any atom is 0.449 e. The van der Waals surface area contributed by atoms with Gasteiger partial charge in [-0.3, -0.25) is 9.69 Å². The summed E-state index contributed by atoms with van der Waals surface area (Å²) in [4.78, 5) is 20.5. The molecule has 1 saturated heterocycles. The summed E-state index contributed by atoms with van der Waals surface area (Å²) in [6, 6.07) is 4.40. The fourth-order valence-electron chi connectivity index (χ4n) is 3.14. The second kappa shape index (κ2) is 6.88. The van der Waals surface area contributed by atoms with Crippen LogP contribution >= 0.6 is 0 Å². The number of amides is 1. The number of nitrogens with one attached hydrogen (secondary N) is 2. The number of carbonyl (C=O) groups is 1. The lowest BCUT2D eigenvalue weighted by atomic mass is 10.1. The molecule has 9 heteroatoms. The molecule has 1 fully saturated rings. The van der Waals surface area contributed by atoms with Gasteiger partial charge in [-0.2, -0.15) is 13.2 Å². The van der Waals surface area contributed by atoms with Gasteiger partial charge < -0.3 is 15.0 Å². The minimum Gasteiger partial charge on any atom is -0.378 e. The maximum absolute atomic E-state index is 12.7. The van der Waals surface area contributed by atoms with Crippen LogP contribution in [0.2, 0.25) is 0 Å². The number of halogens is 3. The Bertz CT molecular complexity index is 803. The zero-order valence-electron chi connectivity index (χ0n) is 14.7. The molecule has 1 aromatic heterocycles. The summed E-state index contributed by atoms with van der Waals surface area (Å²) in [5, 5.41) is 2.92. The predicted octanol–water partition coefficient (Wildman–Crippen LogP) is 2.42. The number of aromatic amines is 1. The van der Waals surface area contributed by atoms with Crippen LogP contribution in [-0.2, 0) is 10.9 Å². The summed E-state index contributed by atoms with van der Waals surface area (Å²) in [5.74, 6) is -1.43. The molecule has 2 aromatic rings. The fraction of sp³-hybridized carbons (Fsp3) is 0.529. The van der Waals surface area contributed by atoms with Gasteiger partial charge in [-0.15, -0.1) is 0 Å². The van der Waals surface area contributed by atoms with Crippen LogP contribution in [0.4, 0.5) is 13.2 Å². The molecule has 0 saturated carbocycles. The third-order valence-corrected chi connectivity index (χ3v) is 4.66. The van der Waals surface area contributed by atoms with Crippen LogP contribution in [0.15, 0.2) is 18.2 Å². The normalized spacial score (nSPS) is 21.7. The highest BCUT2D eigenvalue weighted by Gasteiger charge is 2.36. The van der Waals surface area contributed by atoms with Crippen molar-refractivity contribution in [2.75, 3.05) is 20.2 Å². The Morgan fingerprint density at radius 3 is 2.73 bits per heavy atom. The van der Waals surface area contributed by atoms with Gasteiger partial charge in [0.05, 0.1) is 23.2 Å². The van der Waals surface area contributed by atoms with Crippen LogP contribution in [0.1, 0.15) is 30.0 Å². The summed E-state index contributed by atoms with van der Waals surface area (Å²) in [5.41, 5.74) is 0.603. The molecule has 0 bridgehead atoms. The Kier molecular flexibility index (Phi) is 4.94. The topological polar surface area (TPSA) is 70.2 Å². The Balaban J connectivity index is 1.77. The van der Waals surface area contributed by atoms with Crippen LogP contribution in [0.3, 0.4) is 0 Å². The molecule has 0 spiro atoms. The largest absolute Gasteiger partial charge is 0.449 e. The van der Waals surface area contributed by atoms with E-state index in [-0.39, 0.29) is 34.6 Å². The first-order chi connectivity index (χ1) is 12.2. The lowest BCUT2D eigenvalue weighted by Crippen LogP contribution is -2.43. The highest BCUT2D eigenvalue weighted by Crippen LogP contribution is 2.28. The number of likely N-dealkylation sites (tertiary alicyclic amines) is 1. The minimum absolute atomic E-state index is 0.130. The van der Waals surface area contributed by atoms with Crippen molar-refractivity contribution in [3.8, 4) is 0 Å². The molecular weight excluding hydrogens is 349 g/mol. The molecule has 3 rings (SSSR count). The summed E-state index contributed by atoms with van der Waals surface area (Å²) in [7, 11) is 1.60. The zero-order valence-corrected chi connectivity index (χ0v) is 14.7. The molecule has 1 amide bonds. The second-order valence-corrected chi connectivity index (χ2v) is 6.72. The number of ether oxygens (including phenoxy) is 1. The van der Waals surface area contributed by atoms with Crippen molar-refractivity contribution in [3.63, 3.8) is 0 Å². The van der Waals surface area contributed by atoms with Crippen LogP contribution < -0.4 is 5.32 Å². The maximum atomic E-state index is 12.7. The number of methoxy groups -OCH3 is 1. The number of aromatic nitrogens is 2. The molecule has 6 nitrogen and oxygen atoms in total. The zero-order chi connectivity index (χ0) is 19.1. The van der Waals surface area contributed by atoms with E-state index in [2.05, 4.69) is 34.0 Å². The average Bonchev–Trinajstić information content (AvgIpc) is 3.17. The van der Waals surface area contributed by atoms with E-state index in [0.29, 0.717) is 19.1 Å². The first-order valence-electron chi connectivity index (χ1n) is 8.33. The quantitative estimate of drug-likeness (QED) is 0.867. The number of benzene rings is 1. The van der Waals surface area contributed by atoms with Crippen LogP contribution in [0.5, 0.6) is 0 Å². The monoisotopic (exact) mass is 370 g/mol. The molecule has 2 heterocycles. The van der Waals surface area contributed by atoms with Crippen LogP contribution in [0.25, 0.3) is 11.0 Å². The first-order valence-corrected chi connectivity index (χ1v) is 8.33. The van der Waals surface area contributed by atoms with Gasteiger partial charge in [0.2, 0.25) is 5.82 Å². The van der Waals surface area contributed by atoms with Gasteiger partial charge in [0, 0.05) is 31.8 Å². The van der Waals surface area contributed by atoms with Gasteiger partial charge in [0.1, 0.15) is 0 Å². The number of alkyl halides is 3. The van der Waals surface area contributed by atoms with Crippen molar-refractivity contribution >= 4 is 16.9 Å². The summed E-state index contributed by atoms with van der Waals surface area (Å²) >= 11 is 0. The highest BCUT2D eigenvalue weighted by molar-refractivity contribution is 5.97. The van der Waals surface area contributed by atoms with Crippen LogP contribution in [0, 0.1) is 0 Å². The van der Waals surface area contributed by atoms with E-state index in [1.807, 2.05) is 0 Å². The van der Waals surface area contributed by atoms with Crippen molar-refractivity contribution < 1.29 is 22.7 Å². The van der Waals surface area contributed by atoms with E-state index < -0.39 is 12.0 Å². The van der Waals surface area contributed by atoms with Crippen molar-refractivity contribution in [2.24, 2.45) is 0 Å². The molecule has 0 aliphatic carbocycles. The Hall–Kier alpha value is -2.13. The van der Waals surface area contributed by atoms with E-state index in [9.17, 15) is 18.0 Å². The number of rotatable bonds is 4. The minimum atomic E-state index is -4.56. The van der Waals surface area contributed by atoms with Crippen molar-refractivity contribution in [1.82, 2.24) is 20.2 Å². The Morgan fingerprint density at radius 2 is 2.12 bits per heavy atom. The van der Waals surface area contributed by atoms with E-state index in [4.69, 9.17) is 4.74 Å². The van der Waals surface area contributed by atoms with E-state index in [1.165, 1.54) is 18.2 Å². The molecule has 26 heavy (non-hydrogen) atoms. The third-order valence-electron chi connectivity index (χ3n) is 4.66. The molecule has 2 N–H and O–H groups in total. The lowest BCUT2D eigenvalue weighted by molar-refractivity contribution is -0.144. The number of fused-ring (bicyclic) bond motifs is 1. The average molecular weight is 370 g/mol. The van der Waals surface area contributed by atoms with Crippen LogP contribution in [-0.4, -0.2) is 59.2 Å². The number of nitrogens with zero attached hydrogens (tertiary/aromatic N) is 2. The molecular formula is C17H21F3N4O2. The Labute approximate surface area is 148 Å². The van der Waals surface area contributed by atoms with Gasteiger partial charge >= 0.3 is 6.18 Å². The smallest absolute Gasteiger partial charge is 0.378 e. The van der Waals surface area contributed by atoms with Gasteiger partial charge in [-0.1, -0.05) is 0 Å². The Morgan fingerprint density at radius 1 is 1.38 bits per heavy atom. The molecule has 1 aliphatic rings. The van der Waals surface area contributed by atoms with Gasteiger partial charge in [0.25, 0.3) is 5.91 Å². The van der Waals surface area contributed by atoms with Gasteiger partial charge in [0.15, 0.2) is 0 Å². The van der Waals surface area contributed by atoms with Gasteiger partial charge in [-0.25, -0.2) is 4.98 Å². The molecule has 1 aliphatic heterocycles. The first kappa shape index (κ1) is 18.7. The number of imidazole rings is 1. The number of H-pyrrole nitrogens is 1. The number of hydrogen-bond acceptors (Lipinski definition) is 4. The lowest BCUT2D eigenvalue weighted by Gasteiger charge is -2.20. The number of hydrogen-bond donors (Lipinski definition) is 2. The summed E-state index contributed by atoms with van der Waals surface area (Å²) in [6.45, 7) is 5.52. The molecule has 1 aromatic carbocycles. The van der Waals surface area contributed by atoms with Crippen molar-refractivity contribution in [2.45, 2.75) is 38.2 Å². The number of carbonyl (C=O) groups excluding carboxylic acids is 1.